The molecule has 1 amide bonds. The lowest BCUT2D eigenvalue weighted by atomic mass is 10.3. The number of halogens is 1. The molecule has 1 N–H and O–H groups in total. The van der Waals surface area contributed by atoms with Crippen LogP contribution in [0.5, 0.6) is 0 Å². The fraction of sp³-hybridized carbons (Fsp3) is 0.238. The Kier molecular flexibility index (Phi) is 7.10. The van der Waals surface area contributed by atoms with Crippen molar-refractivity contribution in [2.75, 3.05) is 19.4 Å². The Balaban J connectivity index is 1.82. The molecule has 0 bridgehead atoms. The van der Waals surface area contributed by atoms with Crippen LogP contribution >= 0.6 is 23.4 Å². The van der Waals surface area contributed by atoms with E-state index in [1.165, 1.54) is 38.0 Å². The summed E-state index contributed by atoms with van der Waals surface area (Å²) in [6, 6.07) is 12.1. The van der Waals surface area contributed by atoms with Crippen molar-refractivity contribution in [2.45, 2.75) is 28.8 Å². The van der Waals surface area contributed by atoms with Gasteiger partial charge in [-0.15, -0.1) is 6.58 Å². The Morgan fingerprint density at radius 1 is 1.32 bits per heavy atom. The Hall–Kier alpha value is -2.33. The van der Waals surface area contributed by atoms with E-state index in [0.29, 0.717) is 17.4 Å². The Morgan fingerprint density at radius 3 is 2.71 bits per heavy atom. The van der Waals surface area contributed by atoms with E-state index < -0.39 is 15.3 Å². The summed E-state index contributed by atoms with van der Waals surface area (Å²) in [7, 11) is -0.896. The SMILES string of the molecule is C=CCn1c(S[C@H](C)C(=O)Nc2ccc(Cl)c(S(=O)(=O)N(C)C)c2)nc2ccccc21. The molecule has 0 saturated heterocycles. The van der Waals surface area contributed by atoms with E-state index in [2.05, 4.69) is 16.9 Å². The first-order valence-corrected chi connectivity index (χ1v) is 12.1. The fourth-order valence-corrected chi connectivity index (χ4v) is 5.21. The second-order valence-electron chi connectivity index (χ2n) is 6.96. The molecule has 0 aliphatic rings. The summed E-state index contributed by atoms with van der Waals surface area (Å²) in [5, 5.41) is 3.08. The lowest BCUT2D eigenvalue weighted by molar-refractivity contribution is -0.115. The first-order chi connectivity index (χ1) is 14.6. The maximum Gasteiger partial charge on any atom is 0.244 e. The molecular formula is C21H23ClN4O3S2. The molecule has 0 aliphatic carbocycles. The summed E-state index contributed by atoms with van der Waals surface area (Å²) in [6.45, 7) is 6.14. The van der Waals surface area contributed by atoms with E-state index in [1.54, 1.807) is 19.1 Å². The van der Waals surface area contributed by atoms with Crippen LogP contribution in [0.2, 0.25) is 5.02 Å². The molecule has 31 heavy (non-hydrogen) atoms. The largest absolute Gasteiger partial charge is 0.325 e. The first kappa shape index (κ1) is 23.3. The monoisotopic (exact) mass is 478 g/mol. The minimum atomic E-state index is -3.74. The summed E-state index contributed by atoms with van der Waals surface area (Å²) >= 11 is 7.40. The van der Waals surface area contributed by atoms with Gasteiger partial charge in [-0.1, -0.05) is 41.6 Å². The van der Waals surface area contributed by atoms with Gasteiger partial charge in [-0.05, 0) is 37.3 Å². The number of hydrogen-bond acceptors (Lipinski definition) is 5. The van der Waals surface area contributed by atoms with Gasteiger partial charge in [0.05, 0.1) is 21.3 Å². The van der Waals surface area contributed by atoms with E-state index in [1.807, 2.05) is 28.8 Å². The number of benzene rings is 2. The number of anilines is 1. The van der Waals surface area contributed by atoms with Gasteiger partial charge in [-0.25, -0.2) is 17.7 Å². The van der Waals surface area contributed by atoms with Gasteiger partial charge in [-0.3, -0.25) is 4.79 Å². The van der Waals surface area contributed by atoms with Gasteiger partial charge in [0.1, 0.15) is 4.90 Å². The molecule has 7 nitrogen and oxygen atoms in total. The summed E-state index contributed by atoms with van der Waals surface area (Å²) in [5.41, 5.74) is 2.16. The predicted molar refractivity (Wildman–Crippen MR) is 126 cm³/mol. The molecule has 3 rings (SSSR count). The number of para-hydroxylation sites is 2. The average Bonchev–Trinajstić information content (AvgIpc) is 3.06. The smallest absolute Gasteiger partial charge is 0.244 e. The highest BCUT2D eigenvalue weighted by atomic mass is 35.5. The van der Waals surface area contributed by atoms with Crippen molar-refractivity contribution in [2.24, 2.45) is 0 Å². The molecule has 2 aromatic carbocycles. The highest BCUT2D eigenvalue weighted by molar-refractivity contribution is 8.00. The molecule has 0 unspecified atom stereocenters. The number of rotatable bonds is 8. The van der Waals surface area contributed by atoms with Gasteiger partial charge in [0.2, 0.25) is 15.9 Å². The summed E-state index contributed by atoms with van der Waals surface area (Å²) in [4.78, 5) is 17.4. The molecule has 0 saturated carbocycles. The van der Waals surface area contributed by atoms with Gasteiger partial charge in [-0.2, -0.15) is 0 Å². The Morgan fingerprint density at radius 2 is 2.03 bits per heavy atom. The molecule has 3 aromatic rings. The number of allylic oxidation sites excluding steroid dienone is 1. The van der Waals surface area contributed by atoms with Crippen LogP contribution in [0.25, 0.3) is 11.0 Å². The molecule has 1 atom stereocenters. The van der Waals surface area contributed by atoms with Crippen LogP contribution < -0.4 is 5.32 Å². The summed E-state index contributed by atoms with van der Waals surface area (Å²) < 4.78 is 28.0. The number of carbonyl (C=O) groups excluding carboxylic acids is 1. The molecule has 0 radical (unpaired) electrons. The molecule has 1 heterocycles. The normalized spacial score (nSPS) is 12.8. The molecule has 10 heteroatoms. The van der Waals surface area contributed by atoms with Crippen LogP contribution in [0.15, 0.2) is 65.2 Å². The van der Waals surface area contributed by atoms with Crippen LogP contribution in [-0.2, 0) is 21.4 Å². The number of imidazole rings is 1. The summed E-state index contributed by atoms with van der Waals surface area (Å²) in [5.74, 6) is -0.280. The van der Waals surface area contributed by atoms with E-state index in [9.17, 15) is 13.2 Å². The number of fused-ring (bicyclic) bond motifs is 1. The van der Waals surface area contributed by atoms with Gasteiger partial charge in [0, 0.05) is 26.3 Å². The lowest BCUT2D eigenvalue weighted by Crippen LogP contribution is -2.24. The van der Waals surface area contributed by atoms with Crippen LogP contribution in [-0.4, -0.2) is 47.5 Å². The quantitative estimate of drug-likeness (QED) is 0.386. The summed E-state index contributed by atoms with van der Waals surface area (Å²) in [6.07, 6.45) is 1.78. The zero-order valence-corrected chi connectivity index (χ0v) is 19.8. The van der Waals surface area contributed by atoms with Gasteiger partial charge in [0.25, 0.3) is 0 Å². The predicted octanol–water partition coefficient (Wildman–Crippen LogP) is 4.25. The van der Waals surface area contributed by atoms with Crippen LogP contribution in [0, 0.1) is 0 Å². The second-order valence-corrected chi connectivity index (χ2v) is 10.8. The van der Waals surface area contributed by atoms with Gasteiger partial charge in [0.15, 0.2) is 5.16 Å². The number of thioether (sulfide) groups is 1. The highest BCUT2D eigenvalue weighted by Gasteiger charge is 2.23. The first-order valence-electron chi connectivity index (χ1n) is 9.41. The zero-order chi connectivity index (χ0) is 22.8. The molecule has 1 aromatic heterocycles. The molecule has 0 fully saturated rings. The van der Waals surface area contributed by atoms with Gasteiger partial charge < -0.3 is 9.88 Å². The maximum atomic E-state index is 12.8. The number of carbonyl (C=O) groups is 1. The lowest BCUT2D eigenvalue weighted by Gasteiger charge is -2.16. The van der Waals surface area contributed by atoms with Crippen molar-refractivity contribution in [3.63, 3.8) is 0 Å². The highest BCUT2D eigenvalue weighted by Crippen LogP contribution is 2.30. The number of amides is 1. The Bertz CT molecular complexity index is 1240. The van der Waals surface area contributed by atoms with Crippen LogP contribution in [0.1, 0.15) is 6.92 Å². The number of hydrogen-bond donors (Lipinski definition) is 1. The van der Waals surface area contributed by atoms with E-state index in [4.69, 9.17) is 11.6 Å². The molecular weight excluding hydrogens is 456 g/mol. The third-order valence-corrected chi connectivity index (χ3v) is 7.93. The van der Waals surface area contributed by atoms with Crippen molar-refractivity contribution >= 4 is 56.0 Å². The van der Waals surface area contributed by atoms with Crippen molar-refractivity contribution in [1.29, 1.82) is 0 Å². The van der Waals surface area contributed by atoms with Crippen LogP contribution in [0.4, 0.5) is 5.69 Å². The fourth-order valence-electron chi connectivity index (χ4n) is 2.88. The number of nitrogens with zero attached hydrogens (tertiary/aromatic N) is 3. The number of aromatic nitrogens is 2. The zero-order valence-electron chi connectivity index (χ0n) is 17.4. The number of sulfonamides is 1. The van der Waals surface area contributed by atoms with Crippen molar-refractivity contribution in [1.82, 2.24) is 13.9 Å². The third kappa shape index (κ3) is 4.95. The molecule has 0 aliphatic heterocycles. The minimum Gasteiger partial charge on any atom is -0.325 e. The van der Waals surface area contributed by atoms with Gasteiger partial charge >= 0.3 is 0 Å². The average molecular weight is 479 g/mol. The number of nitrogens with one attached hydrogen (secondary N) is 1. The van der Waals surface area contributed by atoms with E-state index >= 15 is 0 Å². The molecule has 164 valence electrons. The topological polar surface area (TPSA) is 84.3 Å². The van der Waals surface area contributed by atoms with Crippen LogP contribution in [0.3, 0.4) is 0 Å². The molecule has 0 spiro atoms. The minimum absolute atomic E-state index is 0.0648. The third-order valence-electron chi connectivity index (χ3n) is 4.54. The Labute approximate surface area is 191 Å². The van der Waals surface area contributed by atoms with E-state index in [-0.39, 0.29) is 15.8 Å². The standard InChI is InChI=1S/C21H23ClN4O3S2/c1-5-12-26-18-9-7-6-8-17(18)24-21(26)30-14(2)20(27)23-15-10-11-16(22)19(13-15)31(28,29)25(3)4/h5-11,13-14H,1,12H2,2-4H3,(H,23,27)/t14-/m1/s1. The maximum absolute atomic E-state index is 12.8. The van der Waals surface area contributed by atoms with Crippen molar-refractivity contribution in [3.05, 3.63) is 60.1 Å². The van der Waals surface area contributed by atoms with Crippen molar-refractivity contribution in [3.8, 4) is 0 Å². The second kappa shape index (κ2) is 9.44. The van der Waals surface area contributed by atoms with E-state index in [0.717, 1.165) is 15.3 Å². The van der Waals surface area contributed by atoms with Crippen molar-refractivity contribution < 1.29 is 13.2 Å².